The van der Waals surface area contributed by atoms with Crippen LogP contribution < -0.4 is 5.73 Å². The Bertz CT molecular complexity index is 780. The molecule has 0 unspecified atom stereocenters. The van der Waals surface area contributed by atoms with Gasteiger partial charge in [-0.3, -0.25) is 0 Å². The smallest absolute Gasteiger partial charge is 0.0356 e. The van der Waals surface area contributed by atoms with Crippen molar-refractivity contribution in [3.05, 3.63) is 65.2 Å². The highest BCUT2D eigenvalue weighted by molar-refractivity contribution is 6.02. The van der Waals surface area contributed by atoms with Gasteiger partial charge < -0.3 is 5.73 Å². The molecule has 0 amide bonds. The van der Waals surface area contributed by atoms with Gasteiger partial charge >= 0.3 is 0 Å². The molecular formula is C19H19N. The molecule has 100 valence electrons. The lowest BCUT2D eigenvalue weighted by Gasteiger charge is -2.16. The summed E-state index contributed by atoms with van der Waals surface area (Å²) in [6.45, 7) is 6.41. The first-order valence-corrected chi connectivity index (χ1v) is 6.94. The van der Waals surface area contributed by atoms with Gasteiger partial charge in [0.1, 0.15) is 0 Å². The monoisotopic (exact) mass is 261 g/mol. The molecule has 0 radical (unpaired) electrons. The number of nitrogens with two attached hydrogens (primary N) is 1. The maximum absolute atomic E-state index is 6.22. The minimum atomic E-state index is 0.862. The number of rotatable bonds is 1. The molecule has 0 aliphatic rings. The topological polar surface area (TPSA) is 26.0 Å². The molecular weight excluding hydrogens is 242 g/mol. The lowest BCUT2D eigenvalue weighted by molar-refractivity contribution is 1.38. The standard InChI is InChI=1S/C19H19N/c1-12-7-6-8-13(2)19(12)17-11-18(20)14(3)15-9-4-5-10-16(15)17/h4-11H,20H2,1-3H3. The molecule has 20 heavy (non-hydrogen) atoms. The Morgan fingerprint density at radius 3 is 2.00 bits per heavy atom. The van der Waals surface area contributed by atoms with Gasteiger partial charge in [-0.1, -0.05) is 42.5 Å². The van der Waals surface area contributed by atoms with Crippen molar-refractivity contribution in [2.45, 2.75) is 20.8 Å². The summed E-state index contributed by atoms with van der Waals surface area (Å²) in [7, 11) is 0. The average molecular weight is 261 g/mol. The number of nitrogen functional groups attached to an aromatic ring is 1. The van der Waals surface area contributed by atoms with Crippen LogP contribution in [-0.4, -0.2) is 0 Å². The lowest BCUT2D eigenvalue weighted by atomic mass is 9.89. The van der Waals surface area contributed by atoms with Gasteiger partial charge in [0, 0.05) is 5.69 Å². The van der Waals surface area contributed by atoms with Crippen LogP contribution in [0.15, 0.2) is 48.5 Å². The van der Waals surface area contributed by atoms with E-state index in [0.717, 1.165) is 11.3 Å². The molecule has 3 rings (SSSR count). The van der Waals surface area contributed by atoms with E-state index in [2.05, 4.69) is 69.3 Å². The molecule has 2 N–H and O–H groups in total. The predicted molar refractivity (Wildman–Crippen MR) is 88.0 cm³/mol. The summed E-state index contributed by atoms with van der Waals surface area (Å²) in [5.41, 5.74) is 13.4. The predicted octanol–water partition coefficient (Wildman–Crippen LogP) is 5.01. The van der Waals surface area contributed by atoms with Gasteiger partial charge in [0.15, 0.2) is 0 Å². The third-order valence-electron chi connectivity index (χ3n) is 4.10. The Labute approximate surface area is 120 Å². The molecule has 1 heteroatoms. The van der Waals surface area contributed by atoms with Crippen molar-refractivity contribution in [3.8, 4) is 11.1 Å². The molecule has 0 saturated heterocycles. The molecule has 0 aliphatic heterocycles. The third-order valence-corrected chi connectivity index (χ3v) is 4.10. The van der Waals surface area contributed by atoms with Crippen LogP contribution in [0, 0.1) is 20.8 Å². The molecule has 0 spiro atoms. The Hall–Kier alpha value is -2.28. The fraction of sp³-hybridized carbons (Fsp3) is 0.158. The lowest BCUT2D eigenvalue weighted by Crippen LogP contribution is -1.95. The zero-order valence-corrected chi connectivity index (χ0v) is 12.2. The van der Waals surface area contributed by atoms with E-state index in [1.165, 1.54) is 33.0 Å². The van der Waals surface area contributed by atoms with Gasteiger partial charge in [-0.2, -0.15) is 0 Å². The summed E-state index contributed by atoms with van der Waals surface area (Å²) < 4.78 is 0. The molecule has 0 bridgehead atoms. The molecule has 0 heterocycles. The SMILES string of the molecule is Cc1cccc(C)c1-c1cc(N)c(C)c2ccccc12. The van der Waals surface area contributed by atoms with Crippen molar-refractivity contribution in [2.75, 3.05) is 5.73 Å². The van der Waals surface area contributed by atoms with Crippen LogP contribution >= 0.6 is 0 Å². The number of aryl methyl sites for hydroxylation is 3. The van der Waals surface area contributed by atoms with Gasteiger partial charge in [0.2, 0.25) is 0 Å². The quantitative estimate of drug-likeness (QED) is 0.612. The second-order valence-corrected chi connectivity index (χ2v) is 5.45. The second kappa shape index (κ2) is 4.68. The highest BCUT2D eigenvalue weighted by atomic mass is 14.6. The van der Waals surface area contributed by atoms with Crippen molar-refractivity contribution >= 4 is 16.5 Å². The zero-order valence-electron chi connectivity index (χ0n) is 12.2. The van der Waals surface area contributed by atoms with Crippen LogP contribution in [0.4, 0.5) is 5.69 Å². The van der Waals surface area contributed by atoms with E-state index in [9.17, 15) is 0 Å². The Morgan fingerprint density at radius 2 is 1.35 bits per heavy atom. The van der Waals surface area contributed by atoms with Crippen LogP contribution in [0.5, 0.6) is 0 Å². The van der Waals surface area contributed by atoms with E-state index in [1.54, 1.807) is 0 Å². The Kier molecular flexibility index (Phi) is 2.98. The Morgan fingerprint density at radius 1 is 0.750 bits per heavy atom. The fourth-order valence-corrected chi connectivity index (χ4v) is 2.99. The van der Waals surface area contributed by atoms with Crippen molar-refractivity contribution in [3.63, 3.8) is 0 Å². The number of fused-ring (bicyclic) bond motifs is 1. The maximum atomic E-state index is 6.22. The minimum absolute atomic E-state index is 0.862. The van der Waals surface area contributed by atoms with Gasteiger partial charge in [-0.05, 0) is 65.4 Å². The van der Waals surface area contributed by atoms with Crippen molar-refractivity contribution in [1.82, 2.24) is 0 Å². The van der Waals surface area contributed by atoms with Crippen LogP contribution in [0.3, 0.4) is 0 Å². The van der Waals surface area contributed by atoms with Gasteiger partial charge in [-0.15, -0.1) is 0 Å². The molecule has 0 aliphatic carbocycles. The number of benzene rings is 3. The molecule has 3 aromatic carbocycles. The largest absolute Gasteiger partial charge is 0.398 e. The summed E-state index contributed by atoms with van der Waals surface area (Å²) in [5, 5.41) is 2.52. The summed E-state index contributed by atoms with van der Waals surface area (Å²) in [6, 6.07) is 17.0. The van der Waals surface area contributed by atoms with Crippen LogP contribution in [0.2, 0.25) is 0 Å². The summed E-state index contributed by atoms with van der Waals surface area (Å²) in [4.78, 5) is 0. The van der Waals surface area contributed by atoms with Gasteiger partial charge in [-0.25, -0.2) is 0 Å². The van der Waals surface area contributed by atoms with Crippen LogP contribution in [0.25, 0.3) is 21.9 Å². The fourth-order valence-electron chi connectivity index (χ4n) is 2.99. The van der Waals surface area contributed by atoms with Gasteiger partial charge in [0.25, 0.3) is 0 Å². The van der Waals surface area contributed by atoms with Gasteiger partial charge in [0.05, 0.1) is 0 Å². The van der Waals surface area contributed by atoms with E-state index >= 15 is 0 Å². The molecule has 0 aromatic heterocycles. The van der Waals surface area contributed by atoms with E-state index in [1.807, 2.05) is 0 Å². The first kappa shape index (κ1) is 12.7. The minimum Gasteiger partial charge on any atom is -0.398 e. The average Bonchev–Trinajstić information content (AvgIpc) is 2.44. The number of anilines is 1. The first-order chi connectivity index (χ1) is 9.59. The van der Waals surface area contributed by atoms with E-state index in [-0.39, 0.29) is 0 Å². The highest BCUT2D eigenvalue weighted by Crippen LogP contribution is 2.37. The van der Waals surface area contributed by atoms with Crippen molar-refractivity contribution < 1.29 is 0 Å². The first-order valence-electron chi connectivity index (χ1n) is 6.94. The van der Waals surface area contributed by atoms with Crippen LogP contribution in [0.1, 0.15) is 16.7 Å². The molecule has 0 atom stereocenters. The Balaban J connectivity index is 2.46. The van der Waals surface area contributed by atoms with Crippen molar-refractivity contribution in [1.29, 1.82) is 0 Å². The third kappa shape index (κ3) is 1.87. The number of hydrogen-bond donors (Lipinski definition) is 1. The second-order valence-electron chi connectivity index (χ2n) is 5.45. The highest BCUT2D eigenvalue weighted by Gasteiger charge is 2.12. The molecule has 0 fully saturated rings. The maximum Gasteiger partial charge on any atom is 0.0356 e. The van der Waals surface area contributed by atoms with E-state index in [4.69, 9.17) is 5.73 Å². The molecule has 1 nitrogen and oxygen atoms in total. The van der Waals surface area contributed by atoms with E-state index in [0.29, 0.717) is 0 Å². The summed E-state index contributed by atoms with van der Waals surface area (Å²) in [6.07, 6.45) is 0. The zero-order chi connectivity index (χ0) is 14.3. The normalized spacial score (nSPS) is 10.9. The molecule has 3 aromatic rings. The number of hydrogen-bond acceptors (Lipinski definition) is 1. The van der Waals surface area contributed by atoms with Crippen LogP contribution in [-0.2, 0) is 0 Å². The summed E-state index contributed by atoms with van der Waals surface area (Å²) in [5.74, 6) is 0. The summed E-state index contributed by atoms with van der Waals surface area (Å²) >= 11 is 0. The molecule has 0 saturated carbocycles. The van der Waals surface area contributed by atoms with Crippen molar-refractivity contribution in [2.24, 2.45) is 0 Å². The van der Waals surface area contributed by atoms with E-state index < -0.39 is 0 Å².